The average Bonchev–Trinajstić information content (AvgIpc) is 2.26. The Balaban J connectivity index is 2.79. The highest BCUT2D eigenvalue weighted by atomic mass is 16.6. The molecule has 0 fully saturated rings. The van der Waals surface area contributed by atoms with E-state index in [1.807, 2.05) is 6.07 Å². The third kappa shape index (κ3) is 3.53. The van der Waals surface area contributed by atoms with Crippen LogP contribution in [0.5, 0.6) is 0 Å². The van der Waals surface area contributed by atoms with Crippen LogP contribution in [0.15, 0.2) is 18.2 Å². The number of nitrogens with zero attached hydrogens (tertiary/aromatic N) is 1. The summed E-state index contributed by atoms with van der Waals surface area (Å²) in [6, 6.07) is 5.61. The highest BCUT2D eigenvalue weighted by Gasteiger charge is 2.13. The van der Waals surface area contributed by atoms with Crippen molar-refractivity contribution in [3.63, 3.8) is 0 Å². The van der Waals surface area contributed by atoms with E-state index in [4.69, 9.17) is 0 Å². The first-order chi connectivity index (χ1) is 7.93. The molecule has 0 aliphatic rings. The topological polar surface area (TPSA) is 55.2 Å². The Morgan fingerprint density at radius 1 is 1.35 bits per heavy atom. The lowest BCUT2D eigenvalue weighted by atomic mass is 10.0. The molecule has 0 aliphatic heterocycles. The van der Waals surface area contributed by atoms with Gasteiger partial charge in [-0.2, -0.15) is 0 Å². The van der Waals surface area contributed by atoms with Gasteiger partial charge in [-0.15, -0.1) is 0 Å². The molecule has 17 heavy (non-hydrogen) atoms. The summed E-state index contributed by atoms with van der Waals surface area (Å²) in [4.78, 5) is 10.5. The summed E-state index contributed by atoms with van der Waals surface area (Å²) < 4.78 is 0. The third-order valence-corrected chi connectivity index (χ3v) is 3.23. The van der Waals surface area contributed by atoms with Gasteiger partial charge in [0.25, 0.3) is 5.69 Å². The summed E-state index contributed by atoms with van der Waals surface area (Å²) in [7, 11) is 0. The molecule has 0 saturated heterocycles. The lowest BCUT2D eigenvalue weighted by Gasteiger charge is -2.18. The van der Waals surface area contributed by atoms with Gasteiger partial charge in [-0.25, -0.2) is 0 Å². The second-order valence-electron chi connectivity index (χ2n) is 4.73. The van der Waals surface area contributed by atoms with Crippen molar-refractivity contribution in [3.8, 4) is 0 Å². The van der Waals surface area contributed by atoms with Crippen molar-refractivity contribution in [2.24, 2.45) is 5.92 Å². The van der Waals surface area contributed by atoms with Crippen molar-refractivity contribution >= 4 is 5.69 Å². The molecule has 94 valence electrons. The van der Waals surface area contributed by atoms with Crippen molar-refractivity contribution in [1.29, 1.82) is 0 Å². The summed E-state index contributed by atoms with van der Waals surface area (Å²) in [6.45, 7) is 8.90. The largest absolute Gasteiger partial charge is 0.310 e. The summed E-state index contributed by atoms with van der Waals surface area (Å²) in [5.74, 6) is 0.550. The molecule has 1 aromatic rings. The van der Waals surface area contributed by atoms with Gasteiger partial charge in [0, 0.05) is 24.2 Å². The summed E-state index contributed by atoms with van der Waals surface area (Å²) in [5, 5.41) is 14.2. The predicted octanol–water partition coefficient (Wildman–Crippen LogP) is 3.04. The highest BCUT2D eigenvalue weighted by molar-refractivity contribution is 5.44. The quantitative estimate of drug-likeness (QED) is 0.631. The maximum absolute atomic E-state index is 10.8. The van der Waals surface area contributed by atoms with Crippen molar-refractivity contribution in [3.05, 3.63) is 39.4 Å². The van der Waals surface area contributed by atoms with Gasteiger partial charge in [0.15, 0.2) is 0 Å². The van der Waals surface area contributed by atoms with E-state index >= 15 is 0 Å². The minimum Gasteiger partial charge on any atom is -0.310 e. The zero-order valence-corrected chi connectivity index (χ0v) is 10.9. The monoisotopic (exact) mass is 236 g/mol. The van der Waals surface area contributed by atoms with Crippen LogP contribution in [0.25, 0.3) is 0 Å². The fourth-order valence-electron chi connectivity index (χ4n) is 1.57. The molecule has 0 spiro atoms. The van der Waals surface area contributed by atoms with Crippen LogP contribution in [0.1, 0.15) is 31.9 Å². The summed E-state index contributed by atoms with van der Waals surface area (Å²) in [6.07, 6.45) is 0. The van der Waals surface area contributed by atoms with E-state index in [-0.39, 0.29) is 10.6 Å². The molecule has 0 saturated carbocycles. The molecule has 0 heterocycles. The van der Waals surface area contributed by atoms with Crippen molar-refractivity contribution in [2.75, 3.05) is 0 Å². The molecule has 0 amide bonds. The summed E-state index contributed by atoms with van der Waals surface area (Å²) >= 11 is 0. The SMILES string of the molecule is Cc1c(CNC(C)C(C)C)cccc1[N+](=O)[O-]. The molecule has 4 heteroatoms. The van der Waals surface area contributed by atoms with Gasteiger partial charge in [-0.05, 0) is 25.3 Å². The molecule has 1 N–H and O–H groups in total. The number of nitrogens with one attached hydrogen (secondary N) is 1. The Morgan fingerprint density at radius 2 is 2.00 bits per heavy atom. The van der Waals surface area contributed by atoms with Crippen LogP contribution in [0.3, 0.4) is 0 Å². The molecular formula is C13H20N2O2. The third-order valence-electron chi connectivity index (χ3n) is 3.23. The number of hydrogen-bond acceptors (Lipinski definition) is 3. The molecule has 1 aromatic carbocycles. The molecule has 0 aromatic heterocycles. The number of rotatable bonds is 5. The van der Waals surface area contributed by atoms with E-state index in [0.717, 1.165) is 11.1 Å². The first-order valence-corrected chi connectivity index (χ1v) is 5.89. The molecule has 1 rings (SSSR count). The van der Waals surface area contributed by atoms with Crippen LogP contribution in [0, 0.1) is 23.0 Å². The maximum Gasteiger partial charge on any atom is 0.272 e. The molecule has 0 bridgehead atoms. The standard InChI is InChI=1S/C13H20N2O2/c1-9(2)11(4)14-8-12-6-5-7-13(10(12)3)15(16)17/h5-7,9,11,14H,8H2,1-4H3. The van der Waals surface area contributed by atoms with Gasteiger partial charge in [-0.3, -0.25) is 10.1 Å². The Labute approximate surface area is 102 Å². The minimum atomic E-state index is -0.329. The fraction of sp³-hybridized carbons (Fsp3) is 0.538. The second-order valence-corrected chi connectivity index (χ2v) is 4.73. The summed E-state index contributed by atoms with van der Waals surface area (Å²) in [5.41, 5.74) is 1.94. The molecule has 1 unspecified atom stereocenters. The van der Waals surface area contributed by atoms with E-state index < -0.39 is 0 Å². The maximum atomic E-state index is 10.8. The average molecular weight is 236 g/mol. The first kappa shape index (κ1) is 13.6. The highest BCUT2D eigenvalue weighted by Crippen LogP contribution is 2.21. The van der Waals surface area contributed by atoms with E-state index in [1.165, 1.54) is 0 Å². The molecular weight excluding hydrogens is 216 g/mol. The van der Waals surface area contributed by atoms with Crippen molar-refractivity contribution in [1.82, 2.24) is 5.32 Å². The number of nitro benzene ring substituents is 1. The molecule has 0 aliphatic carbocycles. The van der Waals surface area contributed by atoms with Crippen molar-refractivity contribution < 1.29 is 4.92 Å². The zero-order valence-electron chi connectivity index (χ0n) is 10.9. The fourth-order valence-corrected chi connectivity index (χ4v) is 1.57. The first-order valence-electron chi connectivity index (χ1n) is 5.89. The van der Waals surface area contributed by atoms with Gasteiger partial charge in [-0.1, -0.05) is 26.0 Å². The van der Waals surface area contributed by atoms with E-state index in [2.05, 4.69) is 26.1 Å². The lowest BCUT2D eigenvalue weighted by molar-refractivity contribution is -0.385. The number of hydrogen-bond donors (Lipinski definition) is 1. The van der Waals surface area contributed by atoms with Crippen LogP contribution >= 0.6 is 0 Å². The minimum absolute atomic E-state index is 0.196. The Hall–Kier alpha value is -1.42. The van der Waals surface area contributed by atoms with E-state index in [1.54, 1.807) is 19.1 Å². The Bertz CT molecular complexity index is 402. The van der Waals surface area contributed by atoms with Crippen LogP contribution < -0.4 is 5.32 Å². The van der Waals surface area contributed by atoms with Crippen molar-refractivity contribution in [2.45, 2.75) is 40.3 Å². The Kier molecular flexibility index (Phi) is 4.63. The zero-order chi connectivity index (χ0) is 13.0. The van der Waals surface area contributed by atoms with E-state index in [0.29, 0.717) is 18.5 Å². The van der Waals surface area contributed by atoms with Gasteiger partial charge in [0.2, 0.25) is 0 Å². The second kappa shape index (κ2) is 5.77. The van der Waals surface area contributed by atoms with Gasteiger partial charge in [0.1, 0.15) is 0 Å². The molecule has 0 radical (unpaired) electrons. The smallest absolute Gasteiger partial charge is 0.272 e. The molecule has 1 atom stereocenters. The number of benzene rings is 1. The van der Waals surface area contributed by atoms with Gasteiger partial charge >= 0.3 is 0 Å². The van der Waals surface area contributed by atoms with E-state index in [9.17, 15) is 10.1 Å². The Morgan fingerprint density at radius 3 is 2.53 bits per heavy atom. The van der Waals surface area contributed by atoms with Gasteiger partial charge < -0.3 is 5.32 Å². The predicted molar refractivity (Wildman–Crippen MR) is 69.0 cm³/mol. The van der Waals surface area contributed by atoms with Gasteiger partial charge in [0.05, 0.1) is 4.92 Å². The number of nitro groups is 1. The van der Waals surface area contributed by atoms with Crippen LogP contribution in [0.4, 0.5) is 5.69 Å². The lowest BCUT2D eigenvalue weighted by Crippen LogP contribution is -2.30. The normalized spacial score (nSPS) is 12.8. The van der Waals surface area contributed by atoms with Crippen LogP contribution in [0.2, 0.25) is 0 Å². The molecule has 4 nitrogen and oxygen atoms in total. The van der Waals surface area contributed by atoms with Crippen LogP contribution in [-0.4, -0.2) is 11.0 Å². The van der Waals surface area contributed by atoms with Crippen LogP contribution in [-0.2, 0) is 6.54 Å².